The lowest BCUT2D eigenvalue weighted by Crippen LogP contribution is -2.35. The van der Waals surface area contributed by atoms with Crippen LogP contribution >= 0.6 is 0 Å². The van der Waals surface area contributed by atoms with Gasteiger partial charge in [0.25, 0.3) is 0 Å². The van der Waals surface area contributed by atoms with Crippen molar-refractivity contribution >= 4 is 0 Å². The third kappa shape index (κ3) is 5.45. The van der Waals surface area contributed by atoms with Gasteiger partial charge in [0.15, 0.2) is 0 Å². The van der Waals surface area contributed by atoms with E-state index in [-0.39, 0.29) is 0 Å². The maximum atomic E-state index is 3.49. The SMILES string of the molecule is CCCC(CCC)C(CNC)C(C)C1CCCCC1. The summed E-state index contributed by atoms with van der Waals surface area (Å²) in [6, 6.07) is 0. The van der Waals surface area contributed by atoms with Gasteiger partial charge in [-0.2, -0.15) is 0 Å². The molecule has 0 spiro atoms. The third-order valence-corrected chi connectivity index (χ3v) is 5.43. The molecule has 1 aliphatic rings. The second-order valence-electron chi connectivity index (χ2n) is 6.82. The highest BCUT2D eigenvalue weighted by molar-refractivity contribution is 4.82. The van der Waals surface area contributed by atoms with E-state index in [0.29, 0.717) is 0 Å². The lowest BCUT2D eigenvalue weighted by Gasteiger charge is -2.38. The number of hydrogen-bond donors (Lipinski definition) is 1. The molecule has 0 amide bonds. The standard InChI is InChI=1S/C18H37N/c1-5-10-17(11-6-2)18(14-19-4)15(3)16-12-8-7-9-13-16/h15-19H,5-14H2,1-4H3. The van der Waals surface area contributed by atoms with Gasteiger partial charge in [0.1, 0.15) is 0 Å². The molecule has 1 rings (SSSR count). The van der Waals surface area contributed by atoms with Crippen LogP contribution in [0, 0.1) is 23.7 Å². The molecular weight excluding hydrogens is 230 g/mol. The monoisotopic (exact) mass is 267 g/mol. The maximum absolute atomic E-state index is 3.49. The van der Waals surface area contributed by atoms with E-state index in [9.17, 15) is 0 Å². The quantitative estimate of drug-likeness (QED) is 0.601. The predicted molar refractivity (Wildman–Crippen MR) is 86.5 cm³/mol. The van der Waals surface area contributed by atoms with Gasteiger partial charge in [-0.15, -0.1) is 0 Å². The Labute approximate surface area is 121 Å². The minimum Gasteiger partial charge on any atom is -0.319 e. The Bertz CT molecular complexity index is 202. The first-order valence-electron chi connectivity index (χ1n) is 8.89. The Balaban J connectivity index is 2.65. The molecule has 0 aromatic rings. The minimum absolute atomic E-state index is 0.896. The Morgan fingerprint density at radius 3 is 2.05 bits per heavy atom. The van der Waals surface area contributed by atoms with E-state index in [1.807, 2.05) is 0 Å². The van der Waals surface area contributed by atoms with E-state index in [2.05, 4.69) is 33.1 Å². The highest BCUT2D eigenvalue weighted by atomic mass is 14.8. The highest BCUT2D eigenvalue weighted by Crippen LogP contribution is 2.38. The second-order valence-corrected chi connectivity index (χ2v) is 6.82. The molecule has 114 valence electrons. The summed E-state index contributed by atoms with van der Waals surface area (Å²) < 4.78 is 0. The van der Waals surface area contributed by atoms with Crippen LogP contribution in [0.4, 0.5) is 0 Å². The first kappa shape index (κ1) is 17.0. The summed E-state index contributed by atoms with van der Waals surface area (Å²) in [5.41, 5.74) is 0. The largest absolute Gasteiger partial charge is 0.319 e. The summed E-state index contributed by atoms with van der Waals surface area (Å²) in [5.74, 6) is 3.76. The van der Waals surface area contributed by atoms with Crippen LogP contribution < -0.4 is 5.32 Å². The first-order chi connectivity index (χ1) is 9.24. The molecule has 0 aromatic carbocycles. The predicted octanol–water partition coefficient (Wildman–Crippen LogP) is 5.25. The molecule has 1 N–H and O–H groups in total. The lowest BCUT2D eigenvalue weighted by atomic mass is 9.69. The van der Waals surface area contributed by atoms with Gasteiger partial charge < -0.3 is 5.32 Å². The normalized spacial score (nSPS) is 20.7. The summed E-state index contributed by atoms with van der Waals surface area (Å²) in [4.78, 5) is 0. The van der Waals surface area contributed by atoms with Gasteiger partial charge in [0, 0.05) is 0 Å². The zero-order chi connectivity index (χ0) is 14.1. The van der Waals surface area contributed by atoms with Crippen molar-refractivity contribution in [3.8, 4) is 0 Å². The highest BCUT2D eigenvalue weighted by Gasteiger charge is 2.31. The van der Waals surface area contributed by atoms with Crippen LogP contribution in [0.25, 0.3) is 0 Å². The summed E-state index contributed by atoms with van der Waals surface area (Å²) >= 11 is 0. The van der Waals surface area contributed by atoms with Crippen molar-refractivity contribution in [3.63, 3.8) is 0 Å². The molecule has 0 heterocycles. The second kappa shape index (κ2) is 9.80. The van der Waals surface area contributed by atoms with E-state index in [1.165, 1.54) is 64.3 Å². The number of rotatable bonds is 9. The molecule has 2 unspecified atom stereocenters. The Morgan fingerprint density at radius 2 is 1.58 bits per heavy atom. The molecule has 2 atom stereocenters. The fourth-order valence-corrected chi connectivity index (χ4v) is 4.34. The lowest BCUT2D eigenvalue weighted by molar-refractivity contribution is 0.131. The van der Waals surface area contributed by atoms with Crippen molar-refractivity contribution in [3.05, 3.63) is 0 Å². The average molecular weight is 268 g/mol. The van der Waals surface area contributed by atoms with Gasteiger partial charge in [0.05, 0.1) is 0 Å². The zero-order valence-electron chi connectivity index (χ0n) is 13.9. The fraction of sp³-hybridized carbons (Fsp3) is 1.00. The van der Waals surface area contributed by atoms with E-state index in [1.54, 1.807) is 0 Å². The Kier molecular flexibility index (Phi) is 8.77. The van der Waals surface area contributed by atoms with Crippen molar-refractivity contribution in [1.29, 1.82) is 0 Å². The summed E-state index contributed by atoms with van der Waals surface area (Å²) in [6.45, 7) is 8.48. The number of hydrogen-bond acceptors (Lipinski definition) is 1. The summed E-state index contributed by atoms with van der Waals surface area (Å²) in [7, 11) is 2.13. The Morgan fingerprint density at radius 1 is 1.00 bits per heavy atom. The molecule has 1 heteroatoms. The number of nitrogens with one attached hydrogen (secondary N) is 1. The van der Waals surface area contributed by atoms with Crippen LogP contribution in [-0.2, 0) is 0 Å². The van der Waals surface area contributed by atoms with Gasteiger partial charge in [-0.05, 0) is 37.3 Å². The molecule has 0 aliphatic heterocycles. The first-order valence-corrected chi connectivity index (χ1v) is 8.89. The Hall–Kier alpha value is -0.0400. The van der Waals surface area contributed by atoms with Gasteiger partial charge in [0.2, 0.25) is 0 Å². The van der Waals surface area contributed by atoms with Crippen LogP contribution in [-0.4, -0.2) is 13.6 Å². The van der Waals surface area contributed by atoms with Crippen molar-refractivity contribution in [1.82, 2.24) is 5.32 Å². The van der Waals surface area contributed by atoms with Crippen molar-refractivity contribution in [2.45, 2.75) is 78.6 Å². The third-order valence-electron chi connectivity index (χ3n) is 5.43. The molecule has 1 aliphatic carbocycles. The van der Waals surface area contributed by atoms with E-state index in [4.69, 9.17) is 0 Å². The molecule has 19 heavy (non-hydrogen) atoms. The smallest absolute Gasteiger partial charge is 0.00182 e. The average Bonchev–Trinajstić information content (AvgIpc) is 2.45. The van der Waals surface area contributed by atoms with Gasteiger partial charge in [-0.1, -0.05) is 78.6 Å². The van der Waals surface area contributed by atoms with Crippen LogP contribution in [0.15, 0.2) is 0 Å². The van der Waals surface area contributed by atoms with Crippen LogP contribution in [0.3, 0.4) is 0 Å². The van der Waals surface area contributed by atoms with E-state index < -0.39 is 0 Å². The molecule has 0 bridgehead atoms. The fourth-order valence-electron chi connectivity index (χ4n) is 4.34. The molecule has 1 fully saturated rings. The molecule has 0 aromatic heterocycles. The summed E-state index contributed by atoms with van der Waals surface area (Å²) in [5, 5.41) is 3.49. The molecule has 1 saturated carbocycles. The topological polar surface area (TPSA) is 12.0 Å². The van der Waals surface area contributed by atoms with Crippen LogP contribution in [0.1, 0.15) is 78.6 Å². The van der Waals surface area contributed by atoms with E-state index >= 15 is 0 Å². The molecule has 0 saturated heterocycles. The zero-order valence-corrected chi connectivity index (χ0v) is 13.9. The van der Waals surface area contributed by atoms with Crippen molar-refractivity contribution < 1.29 is 0 Å². The van der Waals surface area contributed by atoms with Gasteiger partial charge in [-0.3, -0.25) is 0 Å². The van der Waals surface area contributed by atoms with Crippen molar-refractivity contribution in [2.75, 3.05) is 13.6 Å². The molecule has 1 nitrogen and oxygen atoms in total. The van der Waals surface area contributed by atoms with Crippen molar-refractivity contribution in [2.24, 2.45) is 23.7 Å². The molecule has 0 radical (unpaired) electrons. The maximum Gasteiger partial charge on any atom is -0.00182 e. The van der Waals surface area contributed by atoms with Crippen LogP contribution in [0.5, 0.6) is 0 Å². The summed E-state index contributed by atoms with van der Waals surface area (Å²) in [6.07, 6.45) is 13.0. The van der Waals surface area contributed by atoms with Gasteiger partial charge in [-0.25, -0.2) is 0 Å². The molecular formula is C18H37N. The van der Waals surface area contributed by atoms with E-state index in [0.717, 1.165) is 23.7 Å². The minimum atomic E-state index is 0.896. The van der Waals surface area contributed by atoms with Gasteiger partial charge >= 0.3 is 0 Å². The van der Waals surface area contributed by atoms with Crippen LogP contribution in [0.2, 0.25) is 0 Å².